The van der Waals surface area contributed by atoms with Gasteiger partial charge < -0.3 is 0 Å². The smallest absolute Gasteiger partial charge is 0.0183 e. The normalized spacial score (nSPS) is 40.4. The number of piperidine rings is 1. The minimum atomic E-state index is 0.582. The third kappa shape index (κ3) is 1.95. The summed E-state index contributed by atoms with van der Waals surface area (Å²) in [5.74, 6) is 0.959. The number of nitrogens with zero attached hydrogens (tertiary/aromatic N) is 1. The second-order valence-electron chi connectivity index (χ2n) is 6.32. The van der Waals surface area contributed by atoms with Crippen LogP contribution in [0.5, 0.6) is 0 Å². The molecule has 1 nitrogen and oxygen atoms in total. The highest BCUT2D eigenvalue weighted by atomic mass is 15.2. The van der Waals surface area contributed by atoms with E-state index in [1.807, 2.05) is 0 Å². The van der Waals surface area contributed by atoms with Gasteiger partial charge in [-0.15, -0.1) is 0 Å². The summed E-state index contributed by atoms with van der Waals surface area (Å²) in [5.41, 5.74) is 1.17. The first-order chi connectivity index (χ1) is 7.04. The van der Waals surface area contributed by atoms with Crippen molar-refractivity contribution >= 4 is 0 Å². The molecule has 1 aliphatic carbocycles. The van der Waals surface area contributed by atoms with Crippen LogP contribution < -0.4 is 0 Å². The van der Waals surface area contributed by atoms with Crippen molar-refractivity contribution in [3.8, 4) is 0 Å². The van der Waals surface area contributed by atoms with Gasteiger partial charge in [-0.05, 0) is 50.5 Å². The van der Waals surface area contributed by atoms with Crippen molar-refractivity contribution in [1.82, 2.24) is 4.90 Å². The summed E-state index contributed by atoms with van der Waals surface area (Å²) in [6.45, 7) is 12.4. The van der Waals surface area contributed by atoms with Crippen LogP contribution in [0.4, 0.5) is 0 Å². The third-order valence-electron chi connectivity index (χ3n) is 5.32. The monoisotopic (exact) mass is 209 g/mol. The zero-order valence-electron chi connectivity index (χ0n) is 11.0. The van der Waals surface area contributed by atoms with E-state index in [-0.39, 0.29) is 0 Å². The largest absolute Gasteiger partial charge is 0.297 e. The molecule has 1 saturated carbocycles. The summed E-state index contributed by atoms with van der Waals surface area (Å²) >= 11 is 0. The molecule has 1 aliphatic heterocycles. The molecule has 2 atom stereocenters. The molecule has 2 aliphatic rings. The van der Waals surface area contributed by atoms with E-state index in [0.717, 1.165) is 5.92 Å². The zero-order chi connectivity index (χ0) is 11.1. The fourth-order valence-electron chi connectivity index (χ4n) is 3.36. The van der Waals surface area contributed by atoms with Gasteiger partial charge in [0, 0.05) is 12.1 Å². The Hall–Kier alpha value is -0.0400. The fraction of sp³-hybridized carbons (Fsp3) is 1.00. The summed E-state index contributed by atoms with van der Waals surface area (Å²) in [6, 6.07) is 0. The summed E-state index contributed by atoms with van der Waals surface area (Å²) in [6.07, 6.45) is 7.01. The molecular formula is C14H27N. The average Bonchev–Trinajstić information content (AvgIpc) is 2.98. The van der Waals surface area contributed by atoms with Gasteiger partial charge in [0.15, 0.2) is 0 Å². The van der Waals surface area contributed by atoms with Crippen LogP contribution in [0.2, 0.25) is 0 Å². The quantitative estimate of drug-likeness (QED) is 0.685. The van der Waals surface area contributed by atoms with E-state index in [0.29, 0.717) is 11.0 Å². The molecule has 1 saturated heterocycles. The molecule has 0 aromatic carbocycles. The maximum absolute atomic E-state index is 2.78. The first kappa shape index (κ1) is 11.4. The Morgan fingerprint density at radius 1 is 1.20 bits per heavy atom. The van der Waals surface area contributed by atoms with Gasteiger partial charge in [-0.3, -0.25) is 4.90 Å². The Labute approximate surface area is 95.2 Å². The van der Waals surface area contributed by atoms with Crippen molar-refractivity contribution in [1.29, 1.82) is 0 Å². The van der Waals surface area contributed by atoms with E-state index >= 15 is 0 Å². The Kier molecular flexibility index (Phi) is 2.87. The molecule has 0 spiro atoms. The first-order valence-electron chi connectivity index (χ1n) is 6.79. The maximum Gasteiger partial charge on any atom is 0.0183 e. The SMILES string of the molecule is CCC1CCN(C2(C)CC2)CC1(C)CC. The molecule has 0 radical (unpaired) electrons. The highest BCUT2D eigenvalue weighted by Crippen LogP contribution is 2.48. The molecule has 88 valence electrons. The van der Waals surface area contributed by atoms with Crippen LogP contribution in [0.25, 0.3) is 0 Å². The lowest BCUT2D eigenvalue weighted by Gasteiger charge is -2.48. The van der Waals surface area contributed by atoms with Crippen LogP contribution in [0.15, 0.2) is 0 Å². The van der Waals surface area contributed by atoms with Crippen molar-refractivity contribution < 1.29 is 0 Å². The maximum atomic E-state index is 2.78. The van der Waals surface area contributed by atoms with Gasteiger partial charge >= 0.3 is 0 Å². The van der Waals surface area contributed by atoms with Gasteiger partial charge in [-0.1, -0.05) is 27.2 Å². The van der Waals surface area contributed by atoms with E-state index in [1.165, 1.54) is 45.2 Å². The molecule has 15 heavy (non-hydrogen) atoms. The predicted molar refractivity (Wildman–Crippen MR) is 66.0 cm³/mol. The lowest BCUT2D eigenvalue weighted by molar-refractivity contribution is 0.00795. The molecular weight excluding hydrogens is 182 g/mol. The molecule has 1 heteroatoms. The Balaban J connectivity index is 2.06. The standard InChI is InChI=1S/C14H27N/c1-5-12-7-10-15(14(4)8-9-14)11-13(12,3)6-2/h12H,5-11H2,1-4H3. The number of likely N-dealkylation sites (tertiary alicyclic amines) is 1. The van der Waals surface area contributed by atoms with E-state index in [2.05, 4.69) is 32.6 Å². The van der Waals surface area contributed by atoms with Crippen molar-refractivity contribution in [3.63, 3.8) is 0 Å². The number of rotatable bonds is 3. The third-order valence-corrected chi connectivity index (χ3v) is 5.32. The van der Waals surface area contributed by atoms with E-state index in [4.69, 9.17) is 0 Å². The van der Waals surface area contributed by atoms with Gasteiger partial charge in [-0.2, -0.15) is 0 Å². The van der Waals surface area contributed by atoms with Crippen LogP contribution in [0.1, 0.15) is 59.8 Å². The Morgan fingerprint density at radius 3 is 2.33 bits per heavy atom. The zero-order valence-corrected chi connectivity index (χ0v) is 11.0. The molecule has 0 N–H and O–H groups in total. The topological polar surface area (TPSA) is 3.24 Å². The van der Waals surface area contributed by atoms with Crippen molar-refractivity contribution in [2.75, 3.05) is 13.1 Å². The van der Waals surface area contributed by atoms with Crippen molar-refractivity contribution in [3.05, 3.63) is 0 Å². The van der Waals surface area contributed by atoms with Gasteiger partial charge in [0.05, 0.1) is 0 Å². The molecule has 1 heterocycles. The highest BCUT2D eigenvalue weighted by molar-refractivity contribution is 5.03. The molecule has 0 bridgehead atoms. The summed E-state index contributed by atoms with van der Waals surface area (Å²) in [4.78, 5) is 2.78. The Morgan fingerprint density at radius 2 is 1.87 bits per heavy atom. The van der Waals surface area contributed by atoms with Crippen LogP contribution in [0.3, 0.4) is 0 Å². The molecule has 0 aromatic heterocycles. The number of hydrogen-bond donors (Lipinski definition) is 0. The van der Waals surface area contributed by atoms with Crippen molar-refractivity contribution in [2.45, 2.75) is 65.3 Å². The fourth-order valence-corrected chi connectivity index (χ4v) is 3.36. The predicted octanol–water partition coefficient (Wildman–Crippen LogP) is 3.69. The van der Waals surface area contributed by atoms with Gasteiger partial charge in [0.1, 0.15) is 0 Å². The van der Waals surface area contributed by atoms with Gasteiger partial charge in [0.2, 0.25) is 0 Å². The van der Waals surface area contributed by atoms with Gasteiger partial charge in [0.25, 0.3) is 0 Å². The molecule has 2 unspecified atom stereocenters. The van der Waals surface area contributed by atoms with E-state index < -0.39 is 0 Å². The van der Waals surface area contributed by atoms with Gasteiger partial charge in [-0.25, -0.2) is 0 Å². The second-order valence-corrected chi connectivity index (χ2v) is 6.32. The first-order valence-corrected chi connectivity index (χ1v) is 6.79. The minimum Gasteiger partial charge on any atom is -0.297 e. The van der Waals surface area contributed by atoms with E-state index in [9.17, 15) is 0 Å². The summed E-state index contributed by atoms with van der Waals surface area (Å²) in [5, 5.41) is 0. The lowest BCUT2D eigenvalue weighted by atomic mass is 9.69. The van der Waals surface area contributed by atoms with Crippen LogP contribution in [0, 0.1) is 11.3 Å². The lowest BCUT2D eigenvalue weighted by Crippen LogP contribution is -2.51. The second kappa shape index (κ2) is 3.76. The molecule has 2 rings (SSSR count). The molecule has 0 aromatic rings. The van der Waals surface area contributed by atoms with Crippen LogP contribution in [-0.2, 0) is 0 Å². The number of hydrogen-bond acceptors (Lipinski definition) is 1. The Bertz CT molecular complexity index is 231. The molecule has 0 amide bonds. The van der Waals surface area contributed by atoms with E-state index in [1.54, 1.807) is 0 Å². The summed E-state index contributed by atoms with van der Waals surface area (Å²) < 4.78 is 0. The van der Waals surface area contributed by atoms with Crippen molar-refractivity contribution in [2.24, 2.45) is 11.3 Å². The minimum absolute atomic E-state index is 0.582. The van der Waals surface area contributed by atoms with Crippen LogP contribution >= 0.6 is 0 Å². The summed E-state index contributed by atoms with van der Waals surface area (Å²) in [7, 11) is 0. The average molecular weight is 209 g/mol. The van der Waals surface area contributed by atoms with Crippen LogP contribution in [-0.4, -0.2) is 23.5 Å². The molecule has 2 fully saturated rings. The highest BCUT2D eigenvalue weighted by Gasteiger charge is 2.48.